The van der Waals surface area contributed by atoms with Crippen LogP contribution in [0.15, 0.2) is 24.3 Å². The summed E-state index contributed by atoms with van der Waals surface area (Å²) in [7, 11) is 1.79. The molecule has 0 aliphatic carbocycles. The average molecular weight is 235 g/mol. The van der Waals surface area contributed by atoms with E-state index >= 15 is 0 Å². The van der Waals surface area contributed by atoms with E-state index in [4.69, 9.17) is 32.4 Å². The molecule has 0 aliphatic heterocycles. The zero-order valence-electron chi connectivity index (χ0n) is 6.96. The van der Waals surface area contributed by atoms with Crippen molar-refractivity contribution in [2.45, 2.75) is 5.02 Å². The van der Waals surface area contributed by atoms with E-state index in [0.717, 1.165) is 10.9 Å². The molecule has 0 saturated carbocycles. The molecule has 0 bridgehead atoms. The maximum absolute atomic E-state index is 5.41. The Hall–Kier alpha value is -0.223. The summed E-state index contributed by atoms with van der Waals surface area (Å²) in [5.41, 5.74) is 0. The van der Waals surface area contributed by atoms with Gasteiger partial charge in [-0.1, -0.05) is 35.3 Å². The summed E-state index contributed by atoms with van der Waals surface area (Å²) in [5.74, 6) is 0.821. The lowest BCUT2D eigenvalue weighted by Crippen LogP contribution is -2.18. The van der Waals surface area contributed by atoms with Crippen LogP contribution in [-0.4, -0.2) is 21.9 Å². The normalized spacial score (nSPS) is 10.5. The maximum atomic E-state index is 5.41. The number of halogens is 2. The standard InChI is InChI=1S/C8H8Cl2O2Si/c1-11-6-2-4-7(5-3-6)13-12-8(9)10/h2-5,8H,1H3. The van der Waals surface area contributed by atoms with Crippen LogP contribution >= 0.6 is 23.2 Å². The van der Waals surface area contributed by atoms with Gasteiger partial charge in [0.15, 0.2) is 5.02 Å². The molecule has 2 radical (unpaired) electrons. The molecule has 0 aliphatic rings. The van der Waals surface area contributed by atoms with Gasteiger partial charge in [0.25, 0.3) is 9.76 Å². The molecule has 0 fully saturated rings. The van der Waals surface area contributed by atoms with Crippen LogP contribution in [0.1, 0.15) is 0 Å². The summed E-state index contributed by atoms with van der Waals surface area (Å²) in [5, 5.41) is 0.271. The van der Waals surface area contributed by atoms with Gasteiger partial charge in [0.05, 0.1) is 7.11 Å². The van der Waals surface area contributed by atoms with Gasteiger partial charge in [-0.3, -0.25) is 0 Å². The first-order valence-corrected chi connectivity index (χ1v) is 5.34. The number of hydrogen-bond acceptors (Lipinski definition) is 2. The third-order valence-corrected chi connectivity index (χ3v) is 2.76. The van der Waals surface area contributed by atoms with Crippen molar-refractivity contribution in [3.63, 3.8) is 0 Å². The summed E-state index contributed by atoms with van der Waals surface area (Å²) in [6.07, 6.45) is 0. The predicted molar refractivity (Wildman–Crippen MR) is 55.0 cm³/mol. The molecular formula is C8H8Cl2O2Si. The Labute approximate surface area is 89.7 Å². The maximum Gasteiger partial charge on any atom is 0.272 e. The minimum Gasteiger partial charge on any atom is -0.497 e. The topological polar surface area (TPSA) is 18.5 Å². The fourth-order valence-electron chi connectivity index (χ4n) is 0.772. The van der Waals surface area contributed by atoms with E-state index in [-0.39, 0.29) is 9.76 Å². The number of alkyl halides is 2. The fourth-order valence-corrected chi connectivity index (χ4v) is 1.57. The summed E-state index contributed by atoms with van der Waals surface area (Å²) in [4.78, 5) is 0. The molecule has 5 heteroatoms. The smallest absolute Gasteiger partial charge is 0.272 e. The van der Waals surface area contributed by atoms with Crippen molar-refractivity contribution in [2.75, 3.05) is 7.11 Å². The van der Waals surface area contributed by atoms with E-state index < -0.39 is 5.02 Å². The SMILES string of the molecule is COc1ccc([Si]OC(Cl)Cl)cc1. The Morgan fingerprint density at radius 3 is 2.31 bits per heavy atom. The third-order valence-electron chi connectivity index (χ3n) is 1.36. The van der Waals surface area contributed by atoms with Crippen LogP contribution in [0.2, 0.25) is 0 Å². The highest BCUT2D eigenvalue weighted by Crippen LogP contribution is 2.06. The Morgan fingerprint density at radius 2 is 1.85 bits per heavy atom. The number of hydrogen-bond donors (Lipinski definition) is 0. The Balaban J connectivity index is 2.49. The zero-order chi connectivity index (χ0) is 9.68. The van der Waals surface area contributed by atoms with Crippen molar-refractivity contribution in [3.8, 4) is 5.75 Å². The van der Waals surface area contributed by atoms with Crippen LogP contribution in [0.25, 0.3) is 0 Å². The second-order valence-corrected chi connectivity index (χ2v) is 4.24. The van der Waals surface area contributed by atoms with Gasteiger partial charge in [0.1, 0.15) is 5.75 Å². The zero-order valence-corrected chi connectivity index (χ0v) is 9.47. The molecule has 0 saturated heterocycles. The Morgan fingerprint density at radius 1 is 1.23 bits per heavy atom. The first-order chi connectivity index (χ1) is 6.22. The van der Waals surface area contributed by atoms with Gasteiger partial charge >= 0.3 is 0 Å². The van der Waals surface area contributed by atoms with Gasteiger partial charge in [-0.15, -0.1) is 0 Å². The fraction of sp³-hybridized carbons (Fsp3) is 0.250. The molecule has 0 N–H and O–H groups in total. The molecule has 2 nitrogen and oxygen atoms in total. The number of methoxy groups -OCH3 is 1. The van der Waals surface area contributed by atoms with Gasteiger partial charge in [-0.05, 0) is 17.3 Å². The summed E-state index contributed by atoms with van der Waals surface area (Å²) >= 11 is 10.8. The second-order valence-electron chi connectivity index (χ2n) is 2.21. The number of ether oxygens (including phenoxy) is 1. The lowest BCUT2D eigenvalue weighted by Gasteiger charge is -2.03. The van der Waals surface area contributed by atoms with Crippen LogP contribution in [0.5, 0.6) is 5.75 Å². The first kappa shape index (κ1) is 10.9. The van der Waals surface area contributed by atoms with Crippen LogP contribution in [0.3, 0.4) is 0 Å². The van der Waals surface area contributed by atoms with E-state index in [1.165, 1.54) is 0 Å². The van der Waals surface area contributed by atoms with E-state index in [2.05, 4.69) is 0 Å². The summed E-state index contributed by atoms with van der Waals surface area (Å²) < 4.78 is 10.0. The number of rotatable bonds is 4. The Bertz CT molecular complexity index is 251. The lowest BCUT2D eigenvalue weighted by atomic mass is 10.3. The molecule has 0 spiro atoms. The van der Waals surface area contributed by atoms with Crippen molar-refractivity contribution < 1.29 is 9.16 Å². The molecule has 0 heterocycles. The molecule has 0 aromatic heterocycles. The average Bonchev–Trinajstić information content (AvgIpc) is 2.15. The first-order valence-electron chi connectivity index (χ1n) is 3.56. The Kier molecular flexibility index (Phi) is 4.59. The van der Waals surface area contributed by atoms with Crippen LogP contribution in [0.4, 0.5) is 0 Å². The highest BCUT2D eigenvalue weighted by Gasteiger charge is 2.01. The molecule has 1 rings (SSSR count). The highest BCUT2D eigenvalue weighted by molar-refractivity contribution is 6.51. The van der Waals surface area contributed by atoms with Crippen LogP contribution in [0, 0.1) is 0 Å². The van der Waals surface area contributed by atoms with Crippen molar-refractivity contribution in [3.05, 3.63) is 24.3 Å². The van der Waals surface area contributed by atoms with Crippen LogP contribution in [-0.2, 0) is 4.43 Å². The van der Waals surface area contributed by atoms with Crippen molar-refractivity contribution in [2.24, 2.45) is 0 Å². The monoisotopic (exact) mass is 234 g/mol. The van der Waals surface area contributed by atoms with Gasteiger partial charge in [-0.2, -0.15) is 0 Å². The van der Waals surface area contributed by atoms with Crippen LogP contribution < -0.4 is 9.92 Å². The van der Waals surface area contributed by atoms with Gasteiger partial charge in [0, 0.05) is 0 Å². The molecule has 0 amide bonds. The van der Waals surface area contributed by atoms with E-state index in [9.17, 15) is 0 Å². The predicted octanol–water partition coefficient (Wildman–Crippen LogP) is 1.72. The highest BCUT2D eigenvalue weighted by atomic mass is 35.5. The van der Waals surface area contributed by atoms with Gasteiger partial charge in [0.2, 0.25) is 0 Å². The molecule has 0 atom stereocenters. The molecule has 70 valence electrons. The largest absolute Gasteiger partial charge is 0.497 e. The second kappa shape index (κ2) is 5.50. The molecule has 1 aromatic carbocycles. The van der Waals surface area contributed by atoms with E-state index in [0.29, 0.717) is 0 Å². The number of benzene rings is 1. The minimum absolute atomic E-state index is 0.163. The molecule has 1 aromatic rings. The van der Waals surface area contributed by atoms with E-state index in [1.807, 2.05) is 24.3 Å². The molecule has 0 unspecified atom stereocenters. The quantitative estimate of drug-likeness (QED) is 0.584. The van der Waals surface area contributed by atoms with Gasteiger partial charge < -0.3 is 9.16 Å². The van der Waals surface area contributed by atoms with Crippen molar-refractivity contribution in [1.82, 2.24) is 0 Å². The lowest BCUT2D eigenvalue weighted by molar-refractivity contribution is 0.383. The molecular weight excluding hydrogens is 227 g/mol. The van der Waals surface area contributed by atoms with E-state index in [1.54, 1.807) is 7.11 Å². The van der Waals surface area contributed by atoms with Crippen molar-refractivity contribution in [1.29, 1.82) is 0 Å². The van der Waals surface area contributed by atoms with Crippen molar-refractivity contribution >= 4 is 38.2 Å². The summed E-state index contributed by atoms with van der Waals surface area (Å²) in [6.45, 7) is 0. The van der Waals surface area contributed by atoms with Gasteiger partial charge in [-0.25, -0.2) is 0 Å². The molecule has 13 heavy (non-hydrogen) atoms. The minimum atomic E-state index is -0.763. The third kappa shape index (κ3) is 4.00. The summed E-state index contributed by atoms with van der Waals surface area (Å²) in [6, 6.07) is 7.55.